The summed E-state index contributed by atoms with van der Waals surface area (Å²) in [4.78, 5) is 51.7. The van der Waals surface area contributed by atoms with Crippen molar-refractivity contribution in [3.8, 4) is 5.69 Å². The molecule has 0 saturated carbocycles. The van der Waals surface area contributed by atoms with Crippen LogP contribution in [0.15, 0.2) is 54.9 Å². The molecule has 3 amide bonds. The standard InChI is InChI=1S/C25H22N8O3/c1-16-6-8-17(9-7-16)33-23-21(28-29-33)22(26-15-27-23)31-12-10-30(11-13-31)20(34)14-32-24(35)18-4-2-3-5-19(18)25(32)36/h2-9,15H,10-14H2,1H3. The number of nitrogens with zero attached hydrogens (tertiary/aromatic N) is 8. The van der Waals surface area contributed by atoms with Crippen molar-refractivity contribution < 1.29 is 14.4 Å². The van der Waals surface area contributed by atoms with Gasteiger partial charge in [0, 0.05) is 26.2 Å². The zero-order chi connectivity index (χ0) is 24.8. The van der Waals surface area contributed by atoms with Crippen molar-refractivity contribution in [3.05, 3.63) is 71.5 Å². The molecule has 2 aromatic carbocycles. The minimum Gasteiger partial charge on any atom is -0.351 e. The number of carbonyl (C=O) groups excluding carboxylic acids is 3. The molecule has 36 heavy (non-hydrogen) atoms. The van der Waals surface area contributed by atoms with E-state index in [1.807, 2.05) is 36.1 Å². The van der Waals surface area contributed by atoms with Crippen molar-refractivity contribution in [2.24, 2.45) is 0 Å². The Morgan fingerprint density at radius 3 is 2.22 bits per heavy atom. The van der Waals surface area contributed by atoms with E-state index in [1.54, 1.807) is 33.8 Å². The molecule has 0 bridgehead atoms. The molecule has 180 valence electrons. The van der Waals surface area contributed by atoms with Gasteiger partial charge in [0.2, 0.25) is 5.91 Å². The van der Waals surface area contributed by atoms with Gasteiger partial charge in [0.05, 0.1) is 16.8 Å². The Kier molecular flexibility index (Phi) is 5.17. The maximum Gasteiger partial charge on any atom is 0.262 e. The molecule has 0 spiro atoms. The van der Waals surface area contributed by atoms with Crippen LogP contribution in [0.25, 0.3) is 16.9 Å². The fraction of sp³-hybridized carbons (Fsp3) is 0.240. The third kappa shape index (κ3) is 3.56. The van der Waals surface area contributed by atoms with Gasteiger partial charge < -0.3 is 9.80 Å². The first-order chi connectivity index (χ1) is 17.5. The summed E-state index contributed by atoms with van der Waals surface area (Å²) < 4.78 is 1.68. The van der Waals surface area contributed by atoms with Gasteiger partial charge in [-0.2, -0.15) is 4.68 Å². The Labute approximate surface area is 205 Å². The van der Waals surface area contributed by atoms with E-state index >= 15 is 0 Å². The van der Waals surface area contributed by atoms with Crippen LogP contribution in [0, 0.1) is 6.92 Å². The summed E-state index contributed by atoms with van der Waals surface area (Å²) in [5, 5.41) is 8.62. The van der Waals surface area contributed by atoms with Crippen molar-refractivity contribution in [2.75, 3.05) is 37.6 Å². The second-order valence-electron chi connectivity index (χ2n) is 8.82. The van der Waals surface area contributed by atoms with Gasteiger partial charge in [0.25, 0.3) is 11.8 Å². The first-order valence-electron chi connectivity index (χ1n) is 11.6. The molecule has 1 fully saturated rings. The number of aryl methyl sites for hydroxylation is 1. The highest BCUT2D eigenvalue weighted by atomic mass is 16.2. The number of benzene rings is 2. The topological polar surface area (TPSA) is 117 Å². The molecule has 4 aromatic rings. The van der Waals surface area contributed by atoms with E-state index in [4.69, 9.17) is 0 Å². The third-order valence-corrected chi connectivity index (χ3v) is 6.60. The lowest BCUT2D eigenvalue weighted by molar-refractivity contribution is -0.131. The monoisotopic (exact) mass is 482 g/mol. The van der Waals surface area contributed by atoms with Crippen LogP contribution in [0.2, 0.25) is 0 Å². The predicted molar refractivity (Wildman–Crippen MR) is 130 cm³/mol. The highest BCUT2D eigenvalue weighted by molar-refractivity contribution is 6.22. The number of anilines is 1. The SMILES string of the molecule is Cc1ccc(-n2nnc3c(N4CCN(C(=O)CN5C(=O)c6ccccc6C5=O)CC4)ncnc32)cc1. The number of amides is 3. The Morgan fingerprint density at radius 1 is 0.889 bits per heavy atom. The van der Waals surface area contributed by atoms with Gasteiger partial charge in [-0.25, -0.2) is 9.97 Å². The number of imide groups is 1. The number of hydrogen-bond donors (Lipinski definition) is 0. The van der Waals surface area contributed by atoms with Crippen LogP contribution >= 0.6 is 0 Å². The number of carbonyl (C=O) groups is 3. The molecule has 0 atom stereocenters. The van der Waals surface area contributed by atoms with Gasteiger partial charge in [-0.3, -0.25) is 19.3 Å². The van der Waals surface area contributed by atoms with Gasteiger partial charge in [-0.1, -0.05) is 35.0 Å². The van der Waals surface area contributed by atoms with Crippen LogP contribution in [0.3, 0.4) is 0 Å². The minimum absolute atomic E-state index is 0.262. The van der Waals surface area contributed by atoms with E-state index in [0.717, 1.165) is 16.2 Å². The lowest BCUT2D eigenvalue weighted by Gasteiger charge is -2.35. The molecule has 2 aliphatic heterocycles. The molecular weight excluding hydrogens is 460 g/mol. The molecule has 1 saturated heterocycles. The third-order valence-electron chi connectivity index (χ3n) is 6.60. The van der Waals surface area contributed by atoms with E-state index in [9.17, 15) is 14.4 Å². The number of aromatic nitrogens is 5. The van der Waals surface area contributed by atoms with E-state index in [2.05, 4.69) is 20.3 Å². The first kappa shape index (κ1) is 21.8. The smallest absolute Gasteiger partial charge is 0.262 e. The zero-order valence-electron chi connectivity index (χ0n) is 19.5. The van der Waals surface area contributed by atoms with Crippen molar-refractivity contribution in [1.82, 2.24) is 34.8 Å². The molecule has 0 unspecified atom stereocenters. The van der Waals surface area contributed by atoms with Gasteiger partial charge in [-0.05, 0) is 31.2 Å². The Balaban J connectivity index is 1.15. The predicted octanol–water partition coefficient (Wildman–Crippen LogP) is 1.46. The van der Waals surface area contributed by atoms with Crippen LogP contribution in [-0.4, -0.2) is 85.2 Å². The van der Waals surface area contributed by atoms with Gasteiger partial charge in [-0.15, -0.1) is 5.10 Å². The fourth-order valence-corrected chi connectivity index (χ4v) is 4.61. The van der Waals surface area contributed by atoms with E-state index in [-0.39, 0.29) is 12.5 Å². The summed E-state index contributed by atoms with van der Waals surface area (Å²) in [5.74, 6) is -0.460. The van der Waals surface area contributed by atoms with Crippen LogP contribution < -0.4 is 4.90 Å². The highest BCUT2D eigenvalue weighted by Crippen LogP contribution is 2.25. The van der Waals surface area contributed by atoms with Gasteiger partial charge in [0.1, 0.15) is 12.9 Å². The average Bonchev–Trinajstić information content (AvgIpc) is 3.45. The summed E-state index contributed by atoms with van der Waals surface area (Å²) in [6.45, 7) is 3.66. The van der Waals surface area contributed by atoms with Crippen molar-refractivity contribution in [3.63, 3.8) is 0 Å². The molecule has 11 nitrogen and oxygen atoms in total. The molecule has 6 rings (SSSR count). The number of hydrogen-bond acceptors (Lipinski definition) is 8. The largest absolute Gasteiger partial charge is 0.351 e. The van der Waals surface area contributed by atoms with Crippen LogP contribution in [0.5, 0.6) is 0 Å². The van der Waals surface area contributed by atoms with Gasteiger partial charge in [0.15, 0.2) is 17.0 Å². The van der Waals surface area contributed by atoms with Crippen LogP contribution in [0.1, 0.15) is 26.3 Å². The summed E-state index contributed by atoms with van der Waals surface area (Å²) in [6, 6.07) is 14.6. The average molecular weight is 483 g/mol. The van der Waals surface area contributed by atoms with Crippen molar-refractivity contribution in [1.29, 1.82) is 0 Å². The first-order valence-corrected chi connectivity index (χ1v) is 11.6. The maximum absolute atomic E-state index is 12.9. The minimum atomic E-state index is -0.428. The molecular formula is C25H22N8O3. The zero-order valence-corrected chi connectivity index (χ0v) is 19.5. The Bertz CT molecular complexity index is 1470. The van der Waals surface area contributed by atoms with E-state index in [0.29, 0.717) is 54.3 Å². The van der Waals surface area contributed by atoms with Gasteiger partial charge >= 0.3 is 0 Å². The second-order valence-corrected chi connectivity index (χ2v) is 8.82. The number of rotatable bonds is 4. The Morgan fingerprint density at radius 2 is 1.56 bits per heavy atom. The summed E-state index contributed by atoms with van der Waals surface area (Å²) in [6.07, 6.45) is 1.49. The highest BCUT2D eigenvalue weighted by Gasteiger charge is 2.37. The molecule has 4 heterocycles. The van der Waals surface area contributed by atoms with Crippen molar-refractivity contribution >= 4 is 34.7 Å². The maximum atomic E-state index is 12.9. The summed E-state index contributed by atoms with van der Waals surface area (Å²) >= 11 is 0. The molecule has 0 N–H and O–H groups in total. The van der Waals surface area contributed by atoms with Crippen LogP contribution in [-0.2, 0) is 4.79 Å². The van der Waals surface area contributed by atoms with Crippen LogP contribution in [0.4, 0.5) is 5.82 Å². The summed E-state index contributed by atoms with van der Waals surface area (Å²) in [7, 11) is 0. The molecule has 2 aromatic heterocycles. The second kappa shape index (κ2) is 8.52. The van der Waals surface area contributed by atoms with E-state index in [1.165, 1.54) is 6.33 Å². The van der Waals surface area contributed by atoms with Crippen molar-refractivity contribution in [2.45, 2.75) is 6.92 Å². The molecule has 2 aliphatic rings. The fourth-order valence-electron chi connectivity index (χ4n) is 4.61. The number of piperazine rings is 1. The molecule has 0 aliphatic carbocycles. The van der Waals surface area contributed by atoms with E-state index < -0.39 is 11.8 Å². The number of fused-ring (bicyclic) bond motifs is 2. The molecule has 11 heteroatoms. The quantitative estimate of drug-likeness (QED) is 0.402. The lowest BCUT2D eigenvalue weighted by atomic mass is 10.1. The Hall–Kier alpha value is -4.67. The lowest BCUT2D eigenvalue weighted by Crippen LogP contribution is -2.52. The summed E-state index contributed by atoms with van der Waals surface area (Å²) in [5.41, 5.74) is 3.88. The molecule has 0 radical (unpaired) electrons. The normalized spacial score (nSPS) is 15.6.